The first-order valence-corrected chi connectivity index (χ1v) is 8.11. The van der Waals surface area contributed by atoms with Gasteiger partial charge in [0.2, 0.25) is 5.91 Å². The highest BCUT2D eigenvalue weighted by molar-refractivity contribution is 5.78. The van der Waals surface area contributed by atoms with Crippen LogP contribution >= 0.6 is 0 Å². The number of ether oxygens (including phenoxy) is 1. The molecule has 2 heterocycles. The van der Waals surface area contributed by atoms with Crippen molar-refractivity contribution in [3.8, 4) is 0 Å². The first-order chi connectivity index (χ1) is 9.19. The minimum atomic E-state index is 0.158. The van der Waals surface area contributed by atoms with Crippen LogP contribution in [-0.4, -0.2) is 36.1 Å². The molecule has 1 amide bonds. The van der Waals surface area contributed by atoms with Crippen molar-refractivity contribution in [3.05, 3.63) is 0 Å². The number of carbonyl (C=O) groups excluding carboxylic acids is 1. The topological polar surface area (TPSA) is 29.5 Å². The van der Waals surface area contributed by atoms with Gasteiger partial charge in [-0.3, -0.25) is 4.79 Å². The van der Waals surface area contributed by atoms with Gasteiger partial charge in [-0.25, -0.2) is 0 Å². The van der Waals surface area contributed by atoms with E-state index in [9.17, 15) is 4.79 Å². The van der Waals surface area contributed by atoms with Gasteiger partial charge in [0.15, 0.2) is 0 Å². The molecule has 0 aromatic carbocycles. The first-order valence-electron chi connectivity index (χ1n) is 8.11. The maximum absolute atomic E-state index is 12.5. The molecule has 0 radical (unpaired) electrons. The smallest absolute Gasteiger partial charge is 0.225 e. The van der Waals surface area contributed by atoms with Crippen LogP contribution in [0.25, 0.3) is 0 Å². The highest BCUT2D eigenvalue weighted by atomic mass is 16.5. The SMILES string of the molecule is CC(CC1CCCC1)C(=O)N1CCC2(CCO2)CC1. The van der Waals surface area contributed by atoms with Gasteiger partial charge in [-0.15, -0.1) is 0 Å². The van der Waals surface area contributed by atoms with Crippen LogP contribution in [-0.2, 0) is 9.53 Å². The van der Waals surface area contributed by atoms with Gasteiger partial charge in [-0.1, -0.05) is 32.6 Å². The van der Waals surface area contributed by atoms with E-state index in [4.69, 9.17) is 4.74 Å². The molecule has 3 rings (SSSR count). The summed E-state index contributed by atoms with van der Waals surface area (Å²) in [6.07, 6.45) is 9.83. The second-order valence-corrected chi connectivity index (χ2v) is 6.89. The second-order valence-electron chi connectivity index (χ2n) is 6.89. The minimum Gasteiger partial charge on any atom is -0.375 e. The van der Waals surface area contributed by atoms with E-state index in [0.29, 0.717) is 5.91 Å². The second kappa shape index (κ2) is 5.43. The molecule has 0 bridgehead atoms. The zero-order chi connectivity index (χ0) is 13.3. The number of hydrogen-bond acceptors (Lipinski definition) is 2. The Morgan fingerprint density at radius 1 is 1.26 bits per heavy atom. The van der Waals surface area contributed by atoms with E-state index in [-0.39, 0.29) is 11.5 Å². The lowest BCUT2D eigenvalue weighted by molar-refractivity contribution is -0.177. The molecule has 3 nitrogen and oxygen atoms in total. The number of nitrogens with zero attached hydrogens (tertiary/aromatic N) is 1. The Bertz CT molecular complexity index is 322. The molecular weight excluding hydrogens is 238 g/mol. The number of hydrogen-bond donors (Lipinski definition) is 0. The Kier molecular flexibility index (Phi) is 3.84. The summed E-state index contributed by atoms with van der Waals surface area (Å²) in [6.45, 7) is 4.87. The molecule has 2 aliphatic heterocycles. The van der Waals surface area contributed by atoms with Crippen LogP contribution in [0.5, 0.6) is 0 Å². The lowest BCUT2D eigenvalue weighted by Gasteiger charge is -2.48. The molecule has 0 aromatic rings. The van der Waals surface area contributed by atoms with Crippen molar-refractivity contribution >= 4 is 5.91 Å². The van der Waals surface area contributed by atoms with Crippen molar-refractivity contribution in [3.63, 3.8) is 0 Å². The van der Waals surface area contributed by atoms with Crippen LogP contribution in [0.3, 0.4) is 0 Å². The first kappa shape index (κ1) is 13.4. The van der Waals surface area contributed by atoms with E-state index in [2.05, 4.69) is 11.8 Å². The standard InChI is InChI=1S/C16H27NO2/c1-13(12-14-4-2-3-5-14)15(18)17-9-6-16(7-10-17)8-11-19-16/h13-14H,2-12H2,1H3. The highest BCUT2D eigenvalue weighted by Gasteiger charge is 2.42. The van der Waals surface area contributed by atoms with E-state index >= 15 is 0 Å². The largest absolute Gasteiger partial charge is 0.375 e. The van der Waals surface area contributed by atoms with E-state index in [0.717, 1.165) is 44.9 Å². The normalized spacial score (nSPS) is 28.4. The van der Waals surface area contributed by atoms with Crippen LogP contribution in [0.1, 0.15) is 58.3 Å². The van der Waals surface area contributed by atoms with Crippen LogP contribution in [0, 0.1) is 11.8 Å². The van der Waals surface area contributed by atoms with Gasteiger partial charge in [0, 0.05) is 19.0 Å². The molecule has 0 N–H and O–H groups in total. The Morgan fingerprint density at radius 3 is 2.42 bits per heavy atom. The Hall–Kier alpha value is -0.570. The van der Waals surface area contributed by atoms with Crippen molar-refractivity contribution in [2.75, 3.05) is 19.7 Å². The van der Waals surface area contributed by atoms with Gasteiger partial charge in [-0.2, -0.15) is 0 Å². The van der Waals surface area contributed by atoms with Crippen molar-refractivity contribution in [2.45, 2.75) is 63.9 Å². The molecule has 108 valence electrons. The third-order valence-corrected chi connectivity index (χ3v) is 5.54. The van der Waals surface area contributed by atoms with Gasteiger partial charge in [0.25, 0.3) is 0 Å². The number of carbonyl (C=O) groups is 1. The predicted octanol–water partition coefficient (Wildman–Crippen LogP) is 2.98. The number of piperidine rings is 1. The quantitative estimate of drug-likeness (QED) is 0.785. The summed E-state index contributed by atoms with van der Waals surface area (Å²) in [5, 5.41) is 0. The summed E-state index contributed by atoms with van der Waals surface area (Å²) in [7, 11) is 0. The predicted molar refractivity (Wildman–Crippen MR) is 74.9 cm³/mol. The van der Waals surface area contributed by atoms with E-state index < -0.39 is 0 Å². The minimum absolute atomic E-state index is 0.158. The molecule has 3 fully saturated rings. The maximum Gasteiger partial charge on any atom is 0.225 e. The highest BCUT2D eigenvalue weighted by Crippen LogP contribution is 2.37. The third kappa shape index (κ3) is 2.81. The molecule has 1 unspecified atom stereocenters. The summed E-state index contributed by atoms with van der Waals surface area (Å²) in [5.74, 6) is 1.42. The van der Waals surface area contributed by atoms with Crippen molar-refractivity contribution in [2.24, 2.45) is 11.8 Å². The fraction of sp³-hybridized carbons (Fsp3) is 0.938. The number of rotatable bonds is 3. The van der Waals surface area contributed by atoms with E-state index in [1.54, 1.807) is 0 Å². The van der Waals surface area contributed by atoms with Crippen molar-refractivity contribution < 1.29 is 9.53 Å². The van der Waals surface area contributed by atoms with Crippen molar-refractivity contribution in [1.82, 2.24) is 4.90 Å². The van der Waals surface area contributed by atoms with Gasteiger partial charge >= 0.3 is 0 Å². The fourth-order valence-corrected chi connectivity index (χ4v) is 4.08. The Morgan fingerprint density at radius 2 is 1.89 bits per heavy atom. The average Bonchev–Trinajstić information content (AvgIpc) is 2.89. The average molecular weight is 265 g/mol. The molecule has 0 aromatic heterocycles. The molecule has 1 saturated carbocycles. The summed E-state index contributed by atoms with van der Waals surface area (Å²) >= 11 is 0. The molecule has 3 heteroatoms. The van der Waals surface area contributed by atoms with E-state index in [1.165, 1.54) is 32.1 Å². The maximum atomic E-state index is 12.5. The molecule has 1 atom stereocenters. The van der Waals surface area contributed by atoms with Gasteiger partial charge < -0.3 is 9.64 Å². The monoisotopic (exact) mass is 265 g/mol. The zero-order valence-electron chi connectivity index (χ0n) is 12.2. The molecule has 19 heavy (non-hydrogen) atoms. The lowest BCUT2D eigenvalue weighted by Crippen LogP contribution is -2.54. The summed E-state index contributed by atoms with van der Waals surface area (Å²) in [4.78, 5) is 14.6. The van der Waals surface area contributed by atoms with Gasteiger partial charge in [0.1, 0.15) is 0 Å². The van der Waals surface area contributed by atoms with Crippen LogP contribution in [0.4, 0.5) is 0 Å². The summed E-state index contributed by atoms with van der Waals surface area (Å²) in [6, 6.07) is 0. The van der Waals surface area contributed by atoms with Crippen molar-refractivity contribution in [1.29, 1.82) is 0 Å². The number of amides is 1. The third-order valence-electron chi connectivity index (χ3n) is 5.54. The van der Waals surface area contributed by atoms with Crippen LogP contribution in [0.2, 0.25) is 0 Å². The summed E-state index contributed by atoms with van der Waals surface area (Å²) in [5.41, 5.74) is 0.158. The molecule has 2 saturated heterocycles. The Labute approximate surface area is 116 Å². The fourth-order valence-electron chi connectivity index (χ4n) is 4.08. The van der Waals surface area contributed by atoms with Gasteiger partial charge in [0.05, 0.1) is 12.2 Å². The molecule has 1 spiro atoms. The van der Waals surface area contributed by atoms with Crippen LogP contribution in [0.15, 0.2) is 0 Å². The van der Waals surface area contributed by atoms with Crippen LogP contribution < -0.4 is 0 Å². The molecule has 3 aliphatic rings. The lowest BCUT2D eigenvalue weighted by atomic mass is 9.84. The molecular formula is C16H27NO2. The number of likely N-dealkylation sites (tertiary alicyclic amines) is 1. The Balaban J connectivity index is 1.47. The molecule has 1 aliphatic carbocycles. The van der Waals surface area contributed by atoms with Gasteiger partial charge in [-0.05, 0) is 31.6 Å². The zero-order valence-corrected chi connectivity index (χ0v) is 12.2. The summed E-state index contributed by atoms with van der Waals surface area (Å²) < 4.78 is 5.72. The van der Waals surface area contributed by atoms with E-state index in [1.807, 2.05) is 0 Å².